The number of halogens is 2. The molecule has 0 aliphatic heterocycles. The molecule has 0 saturated heterocycles. The third kappa shape index (κ3) is 1.66. The van der Waals surface area contributed by atoms with Crippen LogP contribution in [0, 0.1) is 11.6 Å². The number of benzene rings is 1. The Hall–Kier alpha value is -0.610. The molecule has 82 valence electrons. The van der Waals surface area contributed by atoms with Crippen LogP contribution in [0.3, 0.4) is 0 Å². The summed E-state index contributed by atoms with van der Waals surface area (Å²) in [6.07, 6.45) is 3.48. The van der Waals surface area contributed by atoms with Crippen molar-refractivity contribution in [2.45, 2.75) is 23.2 Å². The van der Waals surface area contributed by atoms with Crippen LogP contribution in [-0.4, -0.2) is 12.8 Å². The van der Waals surface area contributed by atoms with E-state index in [1.54, 1.807) is 6.26 Å². The Labute approximate surface area is 92.0 Å². The van der Waals surface area contributed by atoms with Gasteiger partial charge in [-0.15, -0.1) is 11.8 Å². The van der Waals surface area contributed by atoms with Gasteiger partial charge in [0.2, 0.25) is 0 Å². The van der Waals surface area contributed by atoms with Crippen LogP contribution in [0.25, 0.3) is 0 Å². The van der Waals surface area contributed by atoms with Gasteiger partial charge in [0.25, 0.3) is 0 Å². The van der Waals surface area contributed by atoms with Crippen molar-refractivity contribution in [3.8, 4) is 0 Å². The molecule has 1 aromatic rings. The number of nitrogens with two attached hydrogens (primary N) is 1. The minimum absolute atomic E-state index is 0.104. The van der Waals surface area contributed by atoms with Crippen LogP contribution in [0.5, 0.6) is 0 Å². The van der Waals surface area contributed by atoms with Gasteiger partial charge >= 0.3 is 0 Å². The van der Waals surface area contributed by atoms with Gasteiger partial charge < -0.3 is 5.73 Å². The van der Waals surface area contributed by atoms with Gasteiger partial charge in [0.15, 0.2) is 0 Å². The lowest BCUT2D eigenvalue weighted by Gasteiger charge is -2.15. The molecule has 1 aliphatic rings. The zero-order valence-electron chi connectivity index (χ0n) is 8.52. The molecule has 0 spiro atoms. The van der Waals surface area contributed by atoms with Crippen molar-refractivity contribution in [3.63, 3.8) is 0 Å². The first kappa shape index (κ1) is 10.9. The van der Waals surface area contributed by atoms with Gasteiger partial charge in [0, 0.05) is 12.0 Å². The highest BCUT2D eigenvalue weighted by Crippen LogP contribution is 2.49. The van der Waals surface area contributed by atoms with E-state index in [9.17, 15) is 8.78 Å². The summed E-state index contributed by atoms with van der Waals surface area (Å²) < 4.78 is 27.2. The molecule has 1 saturated carbocycles. The number of thioether (sulfide) groups is 1. The first-order valence-corrected chi connectivity index (χ1v) is 6.09. The summed E-state index contributed by atoms with van der Waals surface area (Å²) in [5, 5.41) is 0. The summed E-state index contributed by atoms with van der Waals surface area (Å²) in [5.41, 5.74) is 5.99. The normalized spacial score (nSPS) is 17.9. The quantitative estimate of drug-likeness (QED) is 0.806. The molecule has 0 radical (unpaired) electrons. The van der Waals surface area contributed by atoms with Gasteiger partial charge in [0.05, 0.1) is 4.90 Å². The van der Waals surface area contributed by atoms with Crippen LogP contribution in [0.15, 0.2) is 17.0 Å². The summed E-state index contributed by atoms with van der Waals surface area (Å²) in [6, 6.07) is 2.87. The minimum atomic E-state index is -0.489. The van der Waals surface area contributed by atoms with E-state index in [1.165, 1.54) is 12.1 Å². The van der Waals surface area contributed by atoms with Gasteiger partial charge in [-0.1, -0.05) is 6.07 Å². The molecule has 4 heteroatoms. The van der Waals surface area contributed by atoms with Gasteiger partial charge in [-0.05, 0) is 30.7 Å². The van der Waals surface area contributed by atoms with E-state index in [4.69, 9.17) is 5.73 Å². The molecule has 0 bridgehead atoms. The van der Waals surface area contributed by atoms with E-state index in [2.05, 4.69) is 0 Å². The molecule has 1 aromatic carbocycles. The SMILES string of the molecule is CSc1c(F)ccc(C2(CN)CC2)c1F. The fourth-order valence-electron chi connectivity index (χ4n) is 1.86. The fraction of sp³-hybridized carbons (Fsp3) is 0.455. The fourth-order valence-corrected chi connectivity index (χ4v) is 2.42. The highest BCUT2D eigenvalue weighted by atomic mass is 32.2. The third-order valence-corrected chi connectivity index (χ3v) is 3.85. The van der Waals surface area contributed by atoms with E-state index in [1.807, 2.05) is 0 Å². The van der Waals surface area contributed by atoms with E-state index < -0.39 is 11.6 Å². The number of rotatable bonds is 3. The predicted molar refractivity (Wildman–Crippen MR) is 58.1 cm³/mol. The average Bonchev–Trinajstić information content (AvgIpc) is 2.99. The zero-order valence-corrected chi connectivity index (χ0v) is 9.33. The smallest absolute Gasteiger partial charge is 0.143 e. The first-order valence-electron chi connectivity index (χ1n) is 4.87. The summed E-state index contributed by atoms with van der Waals surface area (Å²) in [7, 11) is 0. The summed E-state index contributed by atoms with van der Waals surface area (Å²) in [5.74, 6) is -0.915. The van der Waals surface area contributed by atoms with Crippen molar-refractivity contribution in [1.29, 1.82) is 0 Å². The first-order chi connectivity index (χ1) is 7.14. The van der Waals surface area contributed by atoms with E-state index >= 15 is 0 Å². The lowest BCUT2D eigenvalue weighted by molar-refractivity contribution is 0.513. The second-order valence-electron chi connectivity index (χ2n) is 3.93. The molecule has 2 rings (SSSR count). The summed E-state index contributed by atoms with van der Waals surface area (Å²) in [6.45, 7) is 0.434. The number of hydrogen-bond donors (Lipinski definition) is 1. The van der Waals surface area contributed by atoms with Crippen LogP contribution in [0.2, 0.25) is 0 Å². The third-order valence-electron chi connectivity index (χ3n) is 3.07. The maximum atomic E-state index is 13.9. The van der Waals surface area contributed by atoms with Crippen molar-refractivity contribution in [3.05, 3.63) is 29.3 Å². The maximum absolute atomic E-state index is 13.9. The predicted octanol–water partition coefficient (Wildman–Crippen LogP) is 2.68. The van der Waals surface area contributed by atoms with E-state index in [0.717, 1.165) is 24.6 Å². The Morgan fingerprint density at radius 2 is 2.07 bits per heavy atom. The van der Waals surface area contributed by atoms with Crippen LogP contribution in [0.1, 0.15) is 18.4 Å². The van der Waals surface area contributed by atoms with Crippen molar-refractivity contribution in [2.24, 2.45) is 5.73 Å². The lowest BCUT2D eigenvalue weighted by atomic mass is 9.95. The van der Waals surface area contributed by atoms with Gasteiger partial charge in [-0.2, -0.15) is 0 Å². The molecule has 0 aromatic heterocycles. The average molecular weight is 229 g/mol. The maximum Gasteiger partial charge on any atom is 0.143 e. The van der Waals surface area contributed by atoms with Crippen molar-refractivity contribution >= 4 is 11.8 Å². The topological polar surface area (TPSA) is 26.0 Å². The Morgan fingerprint density at radius 1 is 1.40 bits per heavy atom. The van der Waals surface area contributed by atoms with E-state index in [-0.39, 0.29) is 10.3 Å². The molecule has 2 N–H and O–H groups in total. The second-order valence-corrected chi connectivity index (χ2v) is 4.74. The highest BCUT2D eigenvalue weighted by molar-refractivity contribution is 7.98. The molecule has 1 nitrogen and oxygen atoms in total. The van der Waals surface area contributed by atoms with E-state index in [0.29, 0.717) is 12.1 Å². The van der Waals surface area contributed by atoms with Gasteiger partial charge in [-0.25, -0.2) is 8.78 Å². The Balaban J connectivity index is 2.50. The van der Waals surface area contributed by atoms with Crippen molar-refractivity contribution < 1.29 is 8.78 Å². The monoisotopic (exact) mass is 229 g/mol. The highest BCUT2D eigenvalue weighted by Gasteiger charge is 2.45. The Kier molecular flexibility index (Phi) is 2.73. The molecular formula is C11H13F2NS. The molecule has 0 amide bonds. The van der Waals surface area contributed by atoms with Crippen molar-refractivity contribution in [2.75, 3.05) is 12.8 Å². The Bertz CT molecular complexity index is 388. The molecular weight excluding hydrogens is 216 g/mol. The summed E-state index contributed by atoms with van der Waals surface area (Å²) >= 11 is 1.10. The molecule has 0 unspecified atom stereocenters. The van der Waals surface area contributed by atoms with Crippen LogP contribution in [-0.2, 0) is 5.41 Å². The van der Waals surface area contributed by atoms with Gasteiger partial charge in [0.1, 0.15) is 11.6 Å². The zero-order chi connectivity index (χ0) is 11.1. The standard InChI is InChI=1S/C11H13F2NS/c1-15-10-8(12)3-2-7(9(10)13)11(6-14)4-5-11/h2-3H,4-6,14H2,1H3. The molecule has 1 aliphatic carbocycles. The minimum Gasteiger partial charge on any atom is -0.330 e. The molecule has 0 heterocycles. The lowest BCUT2D eigenvalue weighted by Crippen LogP contribution is -2.21. The van der Waals surface area contributed by atoms with Gasteiger partial charge in [-0.3, -0.25) is 0 Å². The molecule has 0 atom stereocenters. The second kappa shape index (κ2) is 3.76. The van der Waals surface area contributed by atoms with Crippen LogP contribution < -0.4 is 5.73 Å². The molecule has 15 heavy (non-hydrogen) atoms. The number of hydrogen-bond acceptors (Lipinski definition) is 2. The summed E-state index contributed by atoms with van der Waals surface area (Å²) in [4.78, 5) is 0.104. The van der Waals surface area contributed by atoms with Crippen LogP contribution in [0.4, 0.5) is 8.78 Å². The molecule has 1 fully saturated rings. The van der Waals surface area contributed by atoms with Crippen molar-refractivity contribution in [1.82, 2.24) is 0 Å². The van der Waals surface area contributed by atoms with Crippen LogP contribution >= 0.6 is 11.8 Å². The largest absolute Gasteiger partial charge is 0.330 e. The Morgan fingerprint density at radius 3 is 2.53 bits per heavy atom.